The third kappa shape index (κ3) is 3.17. The molecule has 5 nitrogen and oxygen atoms in total. The van der Waals surface area contributed by atoms with Crippen LogP contribution in [0.4, 0.5) is 0 Å². The number of nitrogens with one attached hydrogen (secondary N) is 1. The van der Waals surface area contributed by atoms with Gasteiger partial charge in [-0.1, -0.05) is 0 Å². The first kappa shape index (κ1) is 11.9. The van der Waals surface area contributed by atoms with Gasteiger partial charge in [-0.15, -0.1) is 0 Å². The molecule has 1 unspecified atom stereocenters. The molecule has 0 spiro atoms. The summed E-state index contributed by atoms with van der Waals surface area (Å²) in [7, 11) is 0. The van der Waals surface area contributed by atoms with E-state index in [2.05, 4.69) is 33.8 Å². The van der Waals surface area contributed by atoms with Crippen LogP contribution in [0.5, 0.6) is 0 Å². The average Bonchev–Trinajstić information content (AvgIpc) is 2.96. The van der Waals surface area contributed by atoms with Crippen molar-refractivity contribution in [1.29, 1.82) is 0 Å². The zero-order chi connectivity index (χ0) is 12.1. The Morgan fingerprint density at radius 1 is 1.35 bits per heavy atom. The number of nitrogens with zero attached hydrogens (tertiary/aromatic N) is 4. The Morgan fingerprint density at radius 2 is 2.24 bits per heavy atom. The average molecular weight is 233 g/mol. The number of hydrogen-bond acceptors (Lipinski definition) is 3. The van der Waals surface area contributed by atoms with E-state index in [4.69, 9.17) is 0 Å². The molecule has 5 heteroatoms. The number of aromatic nitrogens is 4. The van der Waals surface area contributed by atoms with Gasteiger partial charge >= 0.3 is 0 Å². The fraction of sp³-hybridized carbons (Fsp3) is 0.500. The number of imidazole rings is 1. The first-order valence-corrected chi connectivity index (χ1v) is 6.00. The lowest BCUT2D eigenvalue weighted by molar-refractivity contribution is 0.441. The summed E-state index contributed by atoms with van der Waals surface area (Å²) in [6.45, 7) is 6.91. The predicted octanol–water partition coefficient (Wildman–Crippen LogP) is 1.28. The molecule has 1 atom stereocenters. The molecule has 0 saturated heterocycles. The van der Waals surface area contributed by atoms with E-state index in [9.17, 15) is 0 Å². The number of hydrogen-bond donors (Lipinski definition) is 1. The molecule has 0 amide bonds. The third-order valence-electron chi connectivity index (χ3n) is 2.77. The lowest BCUT2D eigenvalue weighted by Crippen LogP contribution is -2.31. The Hall–Kier alpha value is -1.62. The molecule has 17 heavy (non-hydrogen) atoms. The maximum Gasteiger partial charge on any atom is 0.122 e. The van der Waals surface area contributed by atoms with Crippen molar-refractivity contribution in [2.75, 3.05) is 0 Å². The van der Waals surface area contributed by atoms with Crippen molar-refractivity contribution >= 4 is 0 Å². The quantitative estimate of drug-likeness (QED) is 0.817. The first-order chi connectivity index (χ1) is 8.29. The van der Waals surface area contributed by atoms with Crippen molar-refractivity contribution in [2.45, 2.75) is 39.5 Å². The Balaban J connectivity index is 1.82. The molecule has 0 saturated carbocycles. The van der Waals surface area contributed by atoms with Crippen LogP contribution in [0.25, 0.3) is 0 Å². The van der Waals surface area contributed by atoms with E-state index >= 15 is 0 Å². The van der Waals surface area contributed by atoms with Crippen LogP contribution in [0, 0.1) is 0 Å². The minimum atomic E-state index is 0.372. The van der Waals surface area contributed by atoms with E-state index < -0.39 is 0 Å². The van der Waals surface area contributed by atoms with Gasteiger partial charge in [0, 0.05) is 37.4 Å². The zero-order valence-electron chi connectivity index (χ0n) is 10.4. The van der Waals surface area contributed by atoms with Crippen molar-refractivity contribution in [3.8, 4) is 0 Å². The summed E-state index contributed by atoms with van der Waals surface area (Å²) in [6, 6.07) is 2.31. The van der Waals surface area contributed by atoms with Gasteiger partial charge in [0.15, 0.2) is 0 Å². The third-order valence-corrected chi connectivity index (χ3v) is 2.77. The molecule has 2 heterocycles. The van der Waals surface area contributed by atoms with Crippen LogP contribution in [0.15, 0.2) is 30.9 Å². The molecule has 0 aliphatic rings. The van der Waals surface area contributed by atoms with Crippen molar-refractivity contribution in [3.63, 3.8) is 0 Å². The smallest absolute Gasteiger partial charge is 0.122 e. The highest BCUT2D eigenvalue weighted by Crippen LogP contribution is 1.98. The zero-order valence-corrected chi connectivity index (χ0v) is 10.4. The van der Waals surface area contributed by atoms with E-state index in [-0.39, 0.29) is 0 Å². The molecule has 0 bridgehead atoms. The van der Waals surface area contributed by atoms with Gasteiger partial charge in [-0.2, -0.15) is 5.10 Å². The summed E-state index contributed by atoms with van der Waals surface area (Å²) in [5.74, 6) is 1.08. The minimum absolute atomic E-state index is 0.372. The van der Waals surface area contributed by atoms with Gasteiger partial charge in [0.2, 0.25) is 0 Å². The fourth-order valence-electron chi connectivity index (χ4n) is 1.81. The molecular formula is C12H19N5. The van der Waals surface area contributed by atoms with Crippen LogP contribution in [-0.2, 0) is 19.6 Å². The maximum atomic E-state index is 4.33. The van der Waals surface area contributed by atoms with Crippen molar-refractivity contribution in [2.24, 2.45) is 0 Å². The minimum Gasteiger partial charge on any atom is -0.334 e. The second-order valence-electron chi connectivity index (χ2n) is 4.14. The summed E-state index contributed by atoms with van der Waals surface area (Å²) >= 11 is 0. The molecule has 0 radical (unpaired) electrons. The molecule has 0 aromatic carbocycles. The lowest BCUT2D eigenvalue weighted by atomic mass is 10.3. The lowest BCUT2D eigenvalue weighted by Gasteiger charge is -2.14. The molecule has 2 aromatic rings. The summed E-state index contributed by atoms with van der Waals surface area (Å²) in [5.41, 5.74) is 0. The fourth-order valence-corrected chi connectivity index (χ4v) is 1.81. The van der Waals surface area contributed by atoms with Crippen molar-refractivity contribution < 1.29 is 0 Å². The molecule has 2 aromatic heterocycles. The molecule has 0 aliphatic carbocycles. The van der Waals surface area contributed by atoms with Crippen molar-refractivity contribution in [1.82, 2.24) is 24.6 Å². The molecular weight excluding hydrogens is 214 g/mol. The molecule has 92 valence electrons. The number of rotatable bonds is 6. The molecule has 1 N–H and O–H groups in total. The van der Waals surface area contributed by atoms with Gasteiger partial charge < -0.3 is 9.88 Å². The van der Waals surface area contributed by atoms with E-state index in [1.165, 1.54) is 0 Å². The summed E-state index contributed by atoms with van der Waals surface area (Å²) in [5, 5.41) is 7.64. The van der Waals surface area contributed by atoms with Crippen LogP contribution in [0.1, 0.15) is 19.7 Å². The van der Waals surface area contributed by atoms with Crippen molar-refractivity contribution in [3.05, 3.63) is 36.7 Å². The van der Waals surface area contributed by atoms with Gasteiger partial charge in [-0.25, -0.2) is 4.98 Å². The van der Waals surface area contributed by atoms with Gasteiger partial charge in [-0.3, -0.25) is 4.68 Å². The summed E-state index contributed by atoms with van der Waals surface area (Å²) < 4.78 is 4.08. The number of aryl methyl sites for hydroxylation is 1. The maximum absolute atomic E-state index is 4.33. The Bertz CT molecular complexity index is 431. The molecule has 0 aliphatic heterocycles. The van der Waals surface area contributed by atoms with E-state index in [0.29, 0.717) is 6.04 Å². The monoisotopic (exact) mass is 233 g/mol. The Morgan fingerprint density at radius 3 is 2.94 bits per heavy atom. The van der Waals surface area contributed by atoms with E-state index in [1.54, 1.807) is 6.20 Å². The summed E-state index contributed by atoms with van der Waals surface area (Å²) in [6.07, 6.45) is 7.63. The Labute approximate surface area is 101 Å². The van der Waals surface area contributed by atoms with Crippen LogP contribution in [-0.4, -0.2) is 25.4 Å². The van der Waals surface area contributed by atoms with Gasteiger partial charge in [0.1, 0.15) is 5.82 Å². The van der Waals surface area contributed by atoms with Crippen LogP contribution in [0.2, 0.25) is 0 Å². The largest absolute Gasteiger partial charge is 0.334 e. The van der Waals surface area contributed by atoms with Crippen LogP contribution >= 0.6 is 0 Å². The predicted molar refractivity (Wildman–Crippen MR) is 66.4 cm³/mol. The van der Waals surface area contributed by atoms with Crippen LogP contribution < -0.4 is 5.32 Å². The topological polar surface area (TPSA) is 47.7 Å². The highest BCUT2D eigenvalue weighted by Gasteiger charge is 2.05. The highest BCUT2D eigenvalue weighted by molar-refractivity contribution is 4.92. The van der Waals surface area contributed by atoms with Gasteiger partial charge in [-0.05, 0) is 19.9 Å². The normalized spacial score (nSPS) is 12.8. The Kier molecular flexibility index (Phi) is 3.93. The first-order valence-electron chi connectivity index (χ1n) is 6.00. The molecule has 2 rings (SSSR count). The second kappa shape index (κ2) is 5.63. The summed E-state index contributed by atoms with van der Waals surface area (Å²) in [4.78, 5) is 4.33. The second-order valence-corrected chi connectivity index (χ2v) is 4.14. The van der Waals surface area contributed by atoms with E-state index in [0.717, 1.165) is 25.5 Å². The SMILES string of the molecule is CCn1ccnc1CNC(C)Cn1cccn1. The highest BCUT2D eigenvalue weighted by atomic mass is 15.3. The van der Waals surface area contributed by atoms with Crippen LogP contribution in [0.3, 0.4) is 0 Å². The van der Waals surface area contributed by atoms with E-state index in [1.807, 2.05) is 29.3 Å². The van der Waals surface area contributed by atoms with Gasteiger partial charge in [0.25, 0.3) is 0 Å². The van der Waals surface area contributed by atoms with Gasteiger partial charge in [0.05, 0.1) is 13.1 Å². The molecule has 0 fully saturated rings. The standard InChI is InChI=1S/C12H19N5/c1-3-16-8-6-13-12(16)9-14-11(2)10-17-7-4-5-15-17/h4-8,11,14H,3,9-10H2,1-2H3.